The number of likely N-dealkylation sites (tertiary alicyclic amines) is 1. The van der Waals surface area contributed by atoms with E-state index >= 15 is 0 Å². The van der Waals surface area contributed by atoms with Gasteiger partial charge in [-0.25, -0.2) is 4.98 Å². The van der Waals surface area contributed by atoms with Gasteiger partial charge < -0.3 is 25.5 Å². The molecule has 2 aromatic rings. The summed E-state index contributed by atoms with van der Waals surface area (Å²) in [6, 6.07) is 8.68. The predicted octanol–water partition coefficient (Wildman–Crippen LogP) is 5.37. The van der Waals surface area contributed by atoms with E-state index in [4.69, 9.17) is 9.97 Å². The van der Waals surface area contributed by atoms with E-state index in [1.54, 1.807) is 0 Å². The number of aliphatic hydroxyl groups is 1. The Balaban J connectivity index is 1.30. The molecule has 5 rings (SSSR count). The van der Waals surface area contributed by atoms with Crippen LogP contribution in [-0.4, -0.2) is 65.8 Å². The maximum atomic E-state index is 9.98. The summed E-state index contributed by atoms with van der Waals surface area (Å²) in [6.45, 7) is 3.63. The lowest BCUT2D eigenvalue weighted by molar-refractivity contribution is 0.126. The number of nitrogens with one attached hydrogen (secondary N) is 2. The van der Waals surface area contributed by atoms with Crippen molar-refractivity contribution in [2.24, 2.45) is 5.92 Å². The van der Waals surface area contributed by atoms with E-state index in [1.165, 1.54) is 63.7 Å². The Morgan fingerprint density at radius 1 is 1.00 bits per heavy atom. The maximum Gasteiger partial charge on any atom is 0.229 e. The second-order valence-electron chi connectivity index (χ2n) is 11.4. The summed E-state index contributed by atoms with van der Waals surface area (Å²) >= 11 is 0. The number of aliphatic hydroxyl groups excluding tert-OH is 1. The Morgan fingerprint density at radius 2 is 1.75 bits per heavy atom. The highest BCUT2D eigenvalue weighted by atomic mass is 16.3. The van der Waals surface area contributed by atoms with Crippen LogP contribution in [0, 0.1) is 5.92 Å². The second kappa shape index (κ2) is 11.8. The molecule has 0 amide bonds. The van der Waals surface area contributed by atoms with Crippen LogP contribution in [0.5, 0.6) is 0 Å². The summed E-state index contributed by atoms with van der Waals surface area (Å²) in [4.78, 5) is 14.6. The zero-order valence-electron chi connectivity index (χ0n) is 22.1. The Hall–Kier alpha value is -2.38. The van der Waals surface area contributed by atoms with Crippen molar-refractivity contribution in [3.63, 3.8) is 0 Å². The summed E-state index contributed by atoms with van der Waals surface area (Å²) in [5.41, 5.74) is 3.38. The molecule has 1 saturated heterocycles. The molecule has 0 atom stereocenters. The summed E-state index contributed by atoms with van der Waals surface area (Å²) in [6.07, 6.45) is 13.6. The zero-order chi connectivity index (χ0) is 24.9. The van der Waals surface area contributed by atoms with Crippen LogP contribution in [-0.2, 0) is 0 Å². The summed E-state index contributed by atoms with van der Waals surface area (Å²) in [5.74, 6) is 3.02. The third-order valence-electron chi connectivity index (χ3n) is 8.49. The fourth-order valence-electron chi connectivity index (χ4n) is 6.25. The van der Waals surface area contributed by atoms with Gasteiger partial charge in [0.2, 0.25) is 5.95 Å². The molecule has 0 radical (unpaired) electrons. The molecule has 2 heterocycles. The topological polar surface area (TPSA) is 76.5 Å². The van der Waals surface area contributed by atoms with Crippen molar-refractivity contribution < 1.29 is 5.11 Å². The third kappa shape index (κ3) is 6.48. The molecule has 0 bridgehead atoms. The van der Waals surface area contributed by atoms with Crippen molar-refractivity contribution in [3.05, 3.63) is 36.0 Å². The van der Waals surface area contributed by atoms with Crippen LogP contribution in [0.3, 0.4) is 0 Å². The molecule has 1 aromatic carbocycles. The van der Waals surface area contributed by atoms with Gasteiger partial charge in [-0.2, -0.15) is 4.98 Å². The van der Waals surface area contributed by atoms with Crippen LogP contribution in [0.15, 0.2) is 30.5 Å². The Morgan fingerprint density at radius 3 is 2.47 bits per heavy atom. The fraction of sp³-hybridized carbons (Fsp3) is 0.655. The van der Waals surface area contributed by atoms with E-state index in [-0.39, 0.29) is 6.10 Å². The van der Waals surface area contributed by atoms with E-state index in [1.807, 2.05) is 14.1 Å². The Bertz CT molecular complexity index is 975. The maximum absolute atomic E-state index is 9.98. The minimum atomic E-state index is -0.154. The lowest BCUT2D eigenvalue weighted by Crippen LogP contribution is -2.36. The smallest absolute Gasteiger partial charge is 0.229 e. The Kier molecular flexibility index (Phi) is 8.27. The van der Waals surface area contributed by atoms with Crippen LogP contribution < -0.4 is 15.5 Å². The molecule has 7 heteroatoms. The molecule has 7 nitrogen and oxygen atoms in total. The highest BCUT2D eigenvalue weighted by molar-refractivity contribution is 5.63. The SMILES string of the molecule is CN(C)c1cccc(Nc2ncc(C3CCN(CC4CCCC4)CC3)c(NC3CCC(O)CC3)n2)c1. The largest absolute Gasteiger partial charge is 0.393 e. The van der Waals surface area contributed by atoms with Crippen LogP contribution in [0.25, 0.3) is 0 Å². The third-order valence-corrected chi connectivity index (χ3v) is 8.49. The van der Waals surface area contributed by atoms with Crippen LogP contribution in [0.2, 0.25) is 0 Å². The highest BCUT2D eigenvalue weighted by Crippen LogP contribution is 2.35. The van der Waals surface area contributed by atoms with Gasteiger partial charge in [0.15, 0.2) is 0 Å². The second-order valence-corrected chi connectivity index (χ2v) is 11.4. The monoisotopic (exact) mass is 492 g/mol. The van der Waals surface area contributed by atoms with E-state index in [0.29, 0.717) is 17.9 Å². The number of rotatable bonds is 8. The molecule has 3 fully saturated rings. The quantitative estimate of drug-likeness (QED) is 0.457. The number of anilines is 4. The molecule has 196 valence electrons. The summed E-state index contributed by atoms with van der Waals surface area (Å²) in [5, 5.41) is 17.2. The van der Waals surface area contributed by atoms with Gasteiger partial charge in [-0.15, -0.1) is 0 Å². The van der Waals surface area contributed by atoms with E-state index in [9.17, 15) is 5.11 Å². The van der Waals surface area contributed by atoms with Crippen LogP contribution in [0.1, 0.15) is 75.7 Å². The van der Waals surface area contributed by atoms with Crippen LogP contribution in [0.4, 0.5) is 23.1 Å². The first kappa shape index (κ1) is 25.3. The van der Waals surface area contributed by atoms with Gasteiger partial charge in [0, 0.05) is 49.8 Å². The molecule has 0 unspecified atom stereocenters. The fourth-order valence-corrected chi connectivity index (χ4v) is 6.25. The molecule has 36 heavy (non-hydrogen) atoms. The van der Waals surface area contributed by atoms with Crippen molar-refractivity contribution in [2.45, 2.75) is 82.3 Å². The van der Waals surface area contributed by atoms with Gasteiger partial charge in [0.25, 0.3) is 0 Å². The summed E-state index contributed by atoms with van der Waals surface area (Å²) < 4.78 is 0. The average Bonchev–Trinajstić information content (AvgIpc) is 3.40. The van der Waals surface area contributed by atoms with Gasteiger partial charge in [-0.1, -0.05) is 18.9 Å². The minimum absolute atomic E-state index is 0.154. The van der Waals surface area contributed by atoms with E-state index < -0.39 is 0 Å². The predicted molar refractivity (Wildman–Crippen MR) is 148 cm³/mol. The molecule has 0 spiro atoms. The Labute approximate surface area is 216 Å². The van der Waals surface area contributed by atoms with Crippen molar-refractivity contribution in [1.29, 1.82) is 0 Å². The van der Waals surface area contributed by atoms with Crippen molar-refractivity contribution in [2.75, 3.05) is 49.3 Å². The number of piperidine rings is 1. The average molecular weight is 493 g/mol. The molecule has 1 aromatic heterocycles. The molecule has 2 aliphatic carbocycles. The number of hydrogen-bond donors (Lipinski definition) is 3. The van der Waals surface area contributed by atoms with E-state index in [0.717, 1.165) is 48.8 Å². The number of benzene rings is 1. The van der Waals surface area contributed by atoms with Gasteiger partial charge in [0.05, 0.1) is 6.10 Å². The molecular formula is C29H44N6O. The van der Waals surface area contributed by atoms with Crippen LogP contribution >= 0.6 is 0 Å². The first-order valence-corrected chi connectivity index (χ1v) is 14.1. The van der Waals surface area contributed by atoms with Gasteiger partial charge in [-0.05, 0) is 94.5 Å². The minimum Gasteiger partial charge on any atom is -0.393 e. The molecule has 3 aliphatic rings. The normalized spacial score (nSPS) is 24.1. The number of aromatic nitrogens is 2. The number of hydrogen-bond acceptors (Lipinski definition) is 7. The van der Waals surface area contributed by atoms with Crippen molar-refractivity contribution in [3.8, 4) is 0 Å². The van der Waals surface area contributed by atoms with E-state index in [2.05, 4.69) is 50.9 Å². The van der Waals surface area contributed by atoms with Gasteiger partial charge in [-0.3, -0.25) is 0 Å². The molecule has 2 saturated carbocycles. The van der Waals surface area contributed by atoms with Gasteiger partial charge >= 0.3 is 0 Å². The zero-order valence-corrected chi connectivity index (χ0v) is 22.1. The standard InChI is InChI=1S/C29H44N6O/c1-34(2)25-9-5-8-24(18-25)32-29-30-19-27(28(33-29)31-23-10-12-26(36)13-11-23)22-14-16-35(17-15-22)20-21-6-3-4-7-21/h5,8-9,18-19,21-23,26,36H,3-4,6-7,10-17,20H2,1-2H3,(H2,30,31,32,33). The lowest BCUT2D eigenvalue weighted by Gasteiger charge is -2.34. The highest BCUT2D eigenvalue weighted by Gasteiger charge is 2.28. The first-order valence-electron chi connectivity index (χ1n) is 14.1. The summed E-state index contributed by atoms with van der Waals surface area (Å²) in [7, 11) is 4.10. The molecule has 3 N–H and O–H groups in total. The number of nitrogens with zero attached hydrogens (tertiary/aromatic N) is 4. The first-order chi connectivity index (χ1) is 17.5. The van der Waals surface area contributed by atoms with Crippen molar-refractivity contribution >= 4 is 23.1 Å². The van der Waals surface area contributed by atoms with Crippen molar-refractivity contribution in [1.82, 2.24) is 14.9 Å². The lowest BCUT2D eigenvalue weighted by atomic mass is 9.89. The molecular weight excluding hydrogens is 448 g/mol. The van der Waals surface area contributed by atoms with Gasteiger partial charge in [0.1, 0.15) is 5.82 Å². The molecule has 1 aliphatic heterocycles.